The lowest BCUT2D eigenvalue weighted by atomic mass is 10.2. The van der Waals surface area contributed by atoms with E-state index in [1.807, 2.05) is 6.07 Å². The van der Waals surface area contributed by atoms with E-state index in [0.29, 0.717) is 42.9 Å². The minimum absolute atomic E-state index is 0.0362. The zero-order chi connectivity index (χ0) is 21.8. The molecule has 0 saturated carbocycles. The van der Waals surface area contributed by atoms with Gasteiger partial charge < -0.3 is 20.4 Å². The molecule has 31 heavy (non-hydrogen) atoms. The van der Waals surface area contributed by atoms with Crippen LogP contribution in [0.25, 0.3) is 0 Å². The summed E-state index contributed by atoms with van der Waals surface area (Å²) in [7, 11) is 0. The molecule has 4 amide bonds. The van der Waals surface area contributed by atoms with Crippen LogP contribution in [-0.2, 0) is 14.4 Å². The van der Waals surface area contributed by atoms with Crippen molar-refractivity contribution in [1.82, 2.24) is 5.32 Å². The topological polar surface area (TPSA) is 98.8 Å². The summed E-state index contributed by atoms with van der Waals surface area (Å²) in [4.78, 5) is 52.0. The Hall–Kier alpha value is -3.68. The van der Waals surface area contributed by atoms with Crippen LogP contribution < -0.4 is 20.4 Å². The summed E-state index contributed by atoms with van der Waals surface area (Å²) in [5.74, 6) is -0.636. The van der Waals surface area contributed by atoms with Crippen molar-refractivity contribution in [2.45, 2.75) is 25.7 Å². The predicted molar refractivity (Wildman–Crippen MR) is 117 cm³/mol. The van der Waals surface area contributed by atoms with Gasteiger partial charge in [-0.2, -0.15) is 0 Å². The fourth-order valence-corrected chi connectivity index (χ4v) is 3.89. The van der Waals surface area contributed by atoms with E-state index < -0.39 is 0 Å². The molecule has 0 spiro atoms. The molecule has 2 aliphatic heterocycles. The Bertz CT molecular complexity index is 1020. The Balaban J connectivity index is 1.33. The Labute approximate surface area is 180 Å². The number of anilines is 3. The minimum Gasteiger partial charge on any atom is -0.343 e. The first kappa shape index (κ1) is 20.6. The molecule has 0 aromatic heterocycles. The molecule has 8 heteroatoms. The number of carbonyl (C=O) groups excluding carboxylic acids is 4. The summed E-state index contributed by atoms with van der Waals surface area (Å²) in [5.41, 5.74) is 2.38. The van der Waals surface area contributed by atoms with Crippen LogP contribution in [0.2, 0.25) is 0 Å². The van der Waals surface area contributed by atoms with Gasteiger partial charge in [0.05, 0.1) is 17.9 Å². The molecule has 2 saturated heterocycles. The van der Waals surface area contributed by atoms with Gasteiger partial charge in [-0.1, -0.05) is 12.1 Å². The SMILES string of the molecule is O=C(CNC(=O)c1ccc(N2CCCC2=O)cc1)Nc1ccccc1N1CCCC1=O. The predicted octanol–water partition coefficient (Wildman–Crippen LogP) is 2.31. The molecule has 0 unspecified atom stereocenters. The molecule has 2 fully saturated rings. The van der Waals surface area contributed by atoms with Crippen LogP contribution in [0.4, 0.5) is 17.1 Å². The second-order valence-electron chi connectivity index (χ2n) is 7.59. The van der Waals surface area contributed by atoms with Crippen LogP contribution in [-0.4, -0.2) is 43.3 Å². The summed E-state index contributed by atoms with van der Waals surface area (Å²) in [6.45, 7) is 1.12. The summed E-state index contributed by atoms with van der Waals surface area (Å²) in [6.07, 6.45) is 2.68. The first-order valence-electron chi connectivity index (χ1n) is 10.4. The standard InChI is InChI=1S/C23H24N4O4/c28-20(25-18-5-1-2-6-19(18)27-14-4-8-22(27)30)15-24-23(31)16-9-11-17(12-10-16)26-13-3-7-21(26)29/h1-2,5-6,9-12H,3-4,7-8,13-15H2,(H,24,31)(H,25,28). The smallest absolute Gasteiger partial charge is 0.251 e. The normalized spacial score (nSPS) is 16.0. The Morgan fingerprint density at radius 3 is 2.13 bits per heavy atom. The maximum atomic E-state index is 12.4. The Morgan fingerprint density at radius 2 is 1.48 bits per heavy atom. The highest BCUT2D eigenvalue weighted by Gasteiger charge is 2.24. The zero-order valence-corrected chi connectivity index (χ0v) is 17.1. The maximum Gasteiger partial charge on any atom is 0.251 e. The molecule has 2 heterocycles. The number of rotatable bonds is 6. The zero-order valence-electron chi connectivity index (χ0n) is 17.1. The van der Waals surface area contributed by atoms with Crippen molar-refractivity contribution in [3.05, 3.63) is 54.1 Å². The molecule has 0 aliphatic carbocycles. The fourth-order valence-electron chi connectivity index (χ4n) is 3.89. The van der Waals surface area contributed by atoms with E-state index in [1.54, 1.807) is 52.3 Å². The fraction of sp³-hybridized carbons (Fsp3) is 0.304. The lowest BCUT2D eigenvalue weighted by Crippen LogP contribution is -2.33. The van der Waals surface area contributed by atoms with Crippen LogP contribution in [0.1, 0.15) is 36.0 Å². The number of benzene rings is 2. The first-order valence-corrected chi connectivity index (χ1v) is 10.4. The molecule has 0 radical (unpaired) electrons. The van der Waals surface area contributed by atoms with E-state index in [-0.39, 0.29) is 30.2 Å². The third-order valence-electron chi connectivity index (χ3n) is 5.47. The van der Waals surface area contributed by atoms with Crippen molar-refractivity contribution in [2.75, 3.05) is 34.8 Å². The monoisotopic (exact) mass is 420 g/mol. The molecule has 2 N–H and O–H groups in total. The van der Waals surface area contributed by atoms with E-state index in [1.165, 1.54) is 0 Å². The molecule has 0 atom stereocenters. The van der Waals surface area contributed by atoms with E-state index in [2.05, 4.69) is 10.6 Å². The molecular formula is C23H24N4O4. The average Bonchev–Trinajstić information content (AvgIpc) is 3.40. The molecule has 2 aliphatic rings. The van der Waals surface area contributed by atoms with Gasteiger partial charge >= 0.3 is 0 Å². The number of nitrogens with one attached hydrogen (secondary N) is 2. The van der Waals surface area contributed by atoms with E-state index in [0.717, 1.165) is 18.5 Å². The van der Waals surface area contributed by atoms with Crippen LogP contribution in [0.15, 0.2) is 48.5 Å². The summed E-state index contributed by atoms with van der Waals surface area (Å²) in [5, 5.41) is 5.38. The average molecular weight is 420 g/mol. The number of para-hydroxylation sites is 2. The van der Waals surface area contributed by atoms with Gasteiger partial charge in [0.15, 0.2) is 0 Å². The number of amides is 4. The molecule has 160 valence electrons. The van der Waals surface area contributed by atoms with Gasteiger partial charge in [0.2, 0.25) is 17.7 Å². The van der Waals surface area contributed by atoms with Crippen molar-refractivity contribution in [3.63, 3.8) is 0 Å². The van der Waals surface area contributed by atoms with Crippen LogP contribution in [0.5, 0.6) is 0 Å². The molecule has 2 aromatic rings. The van der Waals surface area contributed by atoms with Gasteiger partial charge in [-0.15, -0.1) is 0 Å². The van der Waals surface area contributed by atoms with Gasteiger partial charge in [-0.3, -0.25) is 19.2 Å². The third-order valence-corrected chi connectivity index (χ3v) is 5.47. The van der Waals surface area contributed by atoms with Gasteiger partial charge in [0, 0.05) is 37.2 Å². The highest BCUT2D eigenvalue weighted by atomic mass is 16.2. The van der Waals surface area contributed by atoms with Crippen LogP contribution in [0.3, 0.4) is 0 Å². The van der Waals surface area contributed by atoms with Crippen LogP contribution >= 0.6 is 0 Å². The van der Waals surface area contributed by atoms with E-state index in [9.17, 15) is 19.2 Å². The number of nitrogens with zero attached hydrogens (tertiary/aromatic N) is 2. The quantitative estimate of drug-likeness (QED) is 0.749. The second-order valence-corrected chi connectivity index (χ2v) is 7.59. The molecular weight excluding hydrogens is 396 g/mol. The lowest BCUT2D eigenvalue weighted by Gasteiger charge is -2.20. The highest BCUT2D eigenvalue weighted by molar-refractivity contribution is 6.04. The Morgan fingerprint density at radius 1 is 0.839 bits per heavy atom. The maximum absolute atomic E-state index is 12.4. The lowest BCUT2D eigenvalue weighted by molar-refractivity contribution is -0.117. The minimum atomic E-state index is -0.383. The molecule has 4 rings (SSSR count). The van der Waals surface area contributed by atoms with Gasteiger partial charge in [0.25, 0.3) is 5.91 Å². The Kier molecular flexibility index (Phi) is 5.97. The number of carbonyl (C=O) groups is 4. The van der Waals surface area contributed by atoms with Gasteiger partial charge in [-0.05, 0) is 49.2 Å². The first-order chi connectivity index (χ1) is 15.0. The van der Waals surface area contributed by atoms with Crippen molar-refractivity contribution >= 4 is 40.7 Å². The van der Waals surface area contributed by atoms with Crippen LogP contribution in [0, 0.1) is 0 Å². The van der Waals surface area contributed by atoms with Gasteiger partial charge in [0.1, 0.15) is 0 Å². The number of hydrogen-bond donors (Lipinski definition) is 2. The summed E-state index contributed by atoms with van der Waals surface area (Å²) < 4.78 is 0. The number of hydrogen-bond acceptors (Lipinski definition) is 4. The molecule has 8 nitrogen and oxygen atoms in total. The van der Waals surface area contributed by atoms with Crippen molar-refractivity contribution in [2.24, 2.45) is 0 Å². The molecule has 0 bridgehead atoms. The van der Waals surface area contributed by atoms with Crippen molar-refractivity contribution in [3.8, 4) is 0 Å². The van der Waals surface area contributed by atoms with Crippen molar-refractivity contribution < 1.29 is 19.2 Å². The largest absolute Gasteiger partial charge is 0.343 e. The van der Waals surface area contributed by atoms with Gasteiger partial charge in [-0.25, -0.2) is 0 Å². The summed E-state index contributed by atoms with van der Waals surface area (Å²) in [6, 6.07) is 13.9. The van der Waals surface area contributed by atoms with E-state index >= 15 is 0 Å². The molecule has 2 aromatic carbocycles. The van der Waals surface area contributed by atoms with Crippen molar-refractivity contribution in [1.29, 1.82) is 0 Å². The van der Waals surface area contributed by atoms with E-state index in [4.69, 9.17) is 0 Å². The highest BCUT2D eigenvalue weighted by Crippen LogP contribution is 2.29. The second kappa shape index (κ2) is 8.99. The summed E-state index contributed by atoms with van der Waals surface area (Å²) >= 11 is 0. The third kappa shape index (κ3) is 4.58.